The molecule has 0 amide bonds. The molecule has 0 N–H and O–H groups in total. The van der Waals surface area contributed by atoms with Gasteiger partial charge in [0.15, 0.2) is 0 Å². The first-order valence-electron chi connectivity index (χ1n) is 2.43. The smallest absolute Gasteiger partial charge is 0.101 e. The highest BCUT2D eigenvalue weighted by Gasteiger charge is 2.47. The lowest BCUT2D eigenvalue weighted by molar-refractivity contribution is 0.333. The molecule has 1 aliphatic heterocycles. The van der Waals surface area contributed by atoms with Crippen molar-refractivity contribution in [3.63, 3.8) is 0 Å². The number of halogens is 1. The Morgan fingerprint density at radius 2 is 2.29 bits per heavy atom. The van der Waals surface area contributed by atoms with Crippen molar-refractivity contribution in [2.45, 2.75) is 25.6 Å². The van der Waals surface area contributed by atoms with Crippen LogP contribution < -0.4 is 0 Å². The first-order chi connectivity index (χ1) is 3.19. The number of ether oxygens (including phenoxy) is 1. The van der Waals surface area contributed by atoms with Gasteiger partial charge in [0.2, 0.25) is 0 Å². The molecule has 2 unspecified atom stereocenters. The lowest BCUT2D eigenvalue weighted by Gasteiger charge is -1.93. The fourth-order valence-electron chi connectivity index (χ4n) is 0.510. The first kappa shape index (κ1) is 5.57. The maximum Gasteiger partial charge on any atom is 0.101 e. The number of rotatable bonds is 1. The minimum absolute atomic E-state index is 0.167. The van der Waals surface area contributed by atoms with E-state index in [9.17, 15) is 0 Å². The molecule has 2 atom stereocenters. The van der Waals surface area contributed by atoms with E-state index in [1.54, 1.807) is 0 Å². The molecule has 0 radical (unpaired) electrons. The van der Waals surface area contributed by atoms with Gasteiger partial charge in [-0.25, -0.2) is 0 Å². The van der Waals surface area contributed by atoms with Gasteiger partial charge in [-0.1, -0.05) is 15.9 Å². The standard InChI is InChI=1S/C5H9BrO/c1-4-5(2,3-6)7-4/h4H,3H2,1-2H3. The molecule has 1 aliphatic rings. The highest BCUT2D eigenvalue weighted by atomic mass is 79.9. The summed E-state index contributed by atoms with van der Waals surface area (Å²) in [4.78, 5) is 0. The molecule has 1 saturated heterocycles. The maximum absolute atomic E-state index is 5.21. The zero-order valence-electron chi connectivity index (χ0n) is 4.57. The maximum atomic E-state index is 5.21. The van der Waals surface area contributed by atoms with Crippen molar-refractivity contribution in [3.8, 4) is 0 Å². The monoisotopic (exact) mass is 164 g/mol. The minimum atomic E-state index is 0.167. The van der Waals surface area contributed by atoms with Crippen LogP contribution in [0.2, 0.25) is 0 Å². The zero-order valence-corrected chi connectivity index (χ0v) is 6.16. The Bertz CT molecular complexity index is 80.1. The fraction of sp³-hybridized carbons (Fsp3) is 1.00. The molecule has 2 heteroatoms. The average Bonchev–Trinajstić information content (AvgIpc) is 2.18. The lowest BCUT2D eigenvalue weighted by atomic mass is 10.2. The normalized spacial score (nSPS) is 49.3. The van der Waals surface area contributed by atoms with Crippen molar-refractivity contribution in [2.75, 3.05) is 5.33 Å². The number of alkyl halides is 1. The van der Waals surface area contributed by atoms with Crippen LogP contribution in [0.1, 0.15) is 13.8 Å². The lowest BCUT2D eigenvalue weighted by Crippen LogP contribution is -2.08. The summed E-state index contributed by atoms with van der Waals surface area (Å²) in [5.74, 6) is 0. The van der Waals surface area contributed by atoms with E-state index >= 15 is 0 Å². The Morgan fingerprint density at radius 1 is 1.86 bits per heavy atom. The second-order valence-corrected chi connectivity index (χ2v) is 2.77. The third-order valence-corrected chi connectivity index (χ3v) is 2.63. The highest BCUT2D eigenvalue weighted by Crippen LogP contribution is 2.36. The highest BCUT2D eigenvalue weighted by molar-refractivity contribution is 9.09. The largest absolute Gasteiger partial charge is 0.366 e. The van der Waals surface area contributed by atoms with Gasteiger partial charge in [-0.05, 0) is 13.8 Å². The average molecular weight is 165 g/mol. The van der Waals surface area contributed by atoms with Gasteiger partial charge in [0.25, 0.3) is 0 Å². The van der Waals surface area contributed by atoms with Crippen LogP contribution in [0.25, 0.3) is 0 Å². The third-order valence-electron chi connectivity index (χ3n) is 1.51. The van der Waals surface area contributed by atoms with Crippen molar-refractivity contribution < 1.29 is 4.74 Å². The molecule has 1 nitrogen and oxygen atoms in total. The summed E-state index contributed by atoms with van der Waals surface area (Å²) in [5.41, 5.74) is 0.167. The Hall–Kier alpha value is 0.440. The predicted molar refractivity (Wildman–Crippen MR) is 32.7 cm³/mol. The molecule has 1 rings (SSSR count). The molecule has 0 bridgehead atoms. The van der Waals surface area contributed by atoms with Gasteiger partial charge < -0.3 is 4.74 Å². The van der Waals surface area contributed by atoms with Crippen LogP contribution in [-0.4, -0.2) is 17.0 Å². The minimum Gasteiger partial charge on any atom is -0.366 e. The first-order valence-corrected chi connectivity index (χ1v) is 3.55. The van der Waals surface area contributed by atoms with E-state index < -0.39 is 0 Å². The summed E-state index contributed by atoms with van der Waals surface area (Å²) >= 11 is 3.35. The van der Waals surface area contributed by atoms with Gasteiger partial charge >= 0.3 is 0 Å². The van der Waals surface area contributed by atoms with Crippen molar-refractivity contribution in [2.24, 2.45) is 0 Å². The molecular formula is C5H9BrO. The van der Waals surface area contributed by atoms with Gasteiger partial charge in [0.1, 0.15) is 5.60 Å². The molecule has 0 saturated carbocycles. The van der Waals surface area contributed by atoms with E-state index in [4.69, 9.17) is 4.74 Å². The molecule has 1 fully saturated rings. The van der Waals surface area contributed by atoms with Crippen LogP contribution in [0, 0.1) is 0 Å². The van der Waals surface area contributed by atoms with Gasteiger partial charge in [-0.3, -0.25) is 0 Å². The van der Waals surface area contributed by atoms with Crippen molar-refractivity contribution >= 4 is 15.9 Å². The van der Waals surface area contributed by atoms with Crippen LogP contribution in [-0.2, 0) is 4.74 Å². The molecule has 42 valence electrons. The van der Waals surface area contributed by atoms with E-state index in [-0.39, 0.29) is 5.60 Å². The van der Waals surface area contributed by atoms with Crippen LogP contribution in [0.4, 0.5) is 0 Å². The van der Waals surface area contributed by atoms with Crippen LogP contribution in [0.3, 0.4) is 0 Å². The second-order valence-electron chi connectivity index (χ2n) is 2.21. The number of hydrogen-bond acceptors (Lipinski definition) is 1. The van der Waals surface area contributed by atoms with E-state index in [1.807, 2.05) is 0 Å². The quantitative estimate of drug-likeness (QED) is 0.424. The summed E-state index contributed by atoms with van der Waals surface area (Å²) in [5, 5.41) is 0.959. The van der Waals surface area contributed by atoms with Gasteiger partial charge in [-0.15, -0.1) is 0 Å². The van der Waals surface area contributed by atoms with Gasteiger partial charge in [0, 0.05) is 5.33 Å². The summed E-state index contributed by atoms with van der Waals surface area (Å²) < 4.78 is 5.21. The SMILES string of the molecule is CC1OC1(C)CBr. The van der Waals surface area contributed by atoms with Gasteiger partial charge in [0.05, 0.1) is 6.10 Å². The van der Waals surface area contributed by atoms with E-state index in [0.29, 0.717) is 6.10 Å². The number of epoxide rings is 1. The van der Waals surface area contributed by atoms with Crippen LogP contribution >= 0.6 is 15.9 Å². The predicted octanol–water partition coefficient (Wildman–Crippen LogP) is 1.56. The summed E-state index contributed by atoms with van der Waals surface area (Å²) in [6.07, 6.45) is 0.465. The van der Waals surface area contributed by atoms with Crippen LogP contribution in [0.5, 0.6) is 0 Å². The third kappa shape index (κ3) is 0.820. The molecular weight excluding hydrogens is 156 g/mol. The van der Waals surface area contributed by atoms with Crippen molar-refractivity contribution in [1.82, 2.24) is 0 Å². The Labute approximate surface area is 52.2 Å². The van der Waals surface area contributed by atoms with Crippen molar-refractivity contribution in [1.29, 1.82) is 0 Å². The summed E-state index contributed by atoms with van der Waals surface area (Å²) in [6, 6.07) is 0. The van der Waals surface area contributed by atoms with Gasteiger partial charge in [-0.2, -0.15) is 0 Å². The summed E-state index contributed by atoms with van der Waals surface area (Å²) in [7, 11) is 0. The molecule has 1 heterocycles. The molecule has 7 heavy (non-hydrogen) atoms. The zero-order chi connectivity index (χ0) is 5.49. The molecule has 0 spiro atoms. The topological polar surface area (TPSA) is 12.5 Å². The molecule has 0 aromatic rings. The second kappa shape index (κ2) is 1.46. The van der Waals surface area contributed by atoms with E-state index in [2.05, 4.69) is 29.8 Å². The van der Waals surface area contributed by atoms with Crippen molar-refractivity contribution in [3.05, 3.63) is 0 Å². The van der Waals surface area contributed by atoms with E-state index in [1.165, 1.54) is 0 Å². The molecule has 0 aliphatic carbocycles. The Kier molecular flexibility index (Phi) is 1.16. The van der Waals surface area contributed by atoms with E-state index in [0.717, 1.165) is 5.33 Å². The van der Waals surface area contributed by atoms with Crippen LogP contribution in [0.15, 0.2) is 0 Å². The Morgan fingerprint density at radius 3 is 2.29 bits per heavy atom. The summed E-state index contributed by atoms with van der Waals surface area (Å²) in [6.45, 7) is 4.19. The Balaban J connectivity index is 2.36. The molecule has 0 aromatic heterocycles. The fourth-order valence-corrected chi connectivity index (χ4v) is 1.10. The number of hydrogen-bond donors (Lipinski definition) is 0. The molecule has 0 aromatic carbocycles.